The van der Waals surface area contributed by atoms with Crippen molar-refractivity contribution in [3.05, 3.63) is 85.5 Å². The number of amides is 2. The van der Waals surface area contributed by atoms with E-state index >= 15 is 0 Å². The van der Waals surface area contributed by atoms with Gasteiger partial charge in [0.25, 0.3) is 11.8 Å². The van der Waals surface area contributed by atoms with Gasteiger partial charge in [0.2, 0.25) is 0 Å². The lowest BCUT2D eigenvalue weighted by atomic mass is 10.1. The Morgan fingerprint density at radius 2 is 1.71 bits per heavy atom. The summed E-state index contributed by atoms with van der Waals surface area (Å²) in [6.07, 6.45) is 0. The first-order valence-corrected chi connectivity index (χ1v) is 10.7. The molecular weight excluding hydrogens is 460 g/mol. The van der Waals surface area contributed by atoms with Crippen molar-refractivity contribution >= 4 is 56.4 Å². The Hall–Kier alpha value is -2.15. The van der Waals surface area contributed by atoms with Gasteiger partial charge in [-0.25, -0.2) is 0 Å². The first-order chi connectivity index (χ1) is 13.5. The van der Waals surface area contributed by atoms with Crippen LogP contribution in [-0.4, -0.2) is 23.3 Å². The molecule has 1 heterocycles. The summed E-state index contributed by atoms with van der Waals surface area (Å²) in [5.74, 6) is -0.420. The molecule has 1 aromatic heterocycles. The van der Waals surface area contributed by atoms with Crippen LogP contribution in [0.1, 0.15) is 32.5 Å². The van der Waals surface area contributed by atoms with E-state index in [4.69, 9.17) is 11.6 Å². The highest BCUT2D eigenvalue weighted by Crippen LogP contribution is 2.25. The lowest BCUT2D eigenvalue weighted by Crippen LogP contribution is -2.31. The van der Waals surface area contributed by atoms with Gasteiger partial charge in [-0.15, -0.1) is 11.3 Å². The summed E-state index contributed by atoms with van der Waals surface area (Å²) in [7, 11) is 0. The maximum Gasteiger partial charge on any atom is 0.256 e. The Morgan fingerprint density at radius 3 is 2.36 bits per heavy atom. The SMILES string of the molecule is CCN(Cc1ccc(Cl)s1)C(=O)c1ccccc1NC(=O)c1ccccc1Br. The van der Waals surface area contributed by atoms with E-state index in [1.54, 1.807) is 47.4 Å². The largest absolute Gasteiger partial charge is 0.334 e. The molecule has 0 unspecified atom stereocenters. The second-order valence-corrected chi connectivity index (χ2v) is 8.66. The molecule has 144 valence electrons. The smallest absolute Gasteiger partial charge is 0.256 e. The molecule has 3 rings (SSSR count). The maximum absolute atomic E-state index is 13.1. The van der Waals surface area contributed by atoms with Gasteiger partial charge >= 0.3 is 0 Å². The van der Waals surface area contributed by atoms with Gasteiger partial charge in [0.15, 0.2) is 0 Å². The summed E-state index contributed by atoms with van der Waals surface area (Å²) in [5, 5.41) is 2.86. The second-order valence-electron chi connectivity index (χ2n) is 6.00. The fraction of sp³-hybridized carbons (Fsp3) is 0.143. The summed E-state index contributed by atoms with van der Waals surface area (Å²) in [6.45, 7) is 2.94. The molecule has 0 bridgehead atoms. The van der Waals surface area contributed by atoms with Crippen LogP contribution in [0.2, 0.25) is 4.34 Å². The van der Waals surface area contributed by atoms with E-state index in [9.17, 15) is 9.59 Å². The van der Waals surface area contributed by atoms with Gasteiger partial charge in [0.05, 0.1) is 27.7 Å². The fourth-order valence-corrected chi connectivity index (χ4v) is 4.30. The van der Waals surface area contributed by atoms with Crippen LogP contribution in [0.4, 0.5) is 5.69 Å². The van der Waals surface area contributed by atoms with Crippen LogP contribution in [0.15, 0.2) is 65.1 Å². The number of thiophene rings is 1. The first kappa shape index (κ1) is 20.6. The van der Waals surface area contributed by atoms with Gasteiger partial charge in [0, 0.05) is 15.9 Å². The van der Waals surface area contributed by atoms with Gasteiger partial charge < -0.3 is 10.2 Å². The van der Waals surface area contributed by atoms with Crippen LogP contribution >= 0.6 is 38.9 Å². The van der Waals surface area contributed by atoms with E-state index in [2.05, 4.69) is 21.2 Å². The molecule has 28 heavy (non-hydrogen) atoms. The average Bonchev–Trinajstić information content (AvgIpc) is 3.11. The number of carbonyl (C=O) groups excluding carboxylic acids is 2. The summed E-state index contributed by atoms with van der Waals surface area (Å²) in [6, 6.07) is 17.9. The van der Waals surface area contributed by atoms with Gasteiger partial charge in [-0.1, -0.05) is 35.9 Å². The lowest BCUT2D eigenvalue weighted by molar-refractivity contribution is 0.0755. The van der Waals surface area contributed by atoms with Crippen molar-refractivity contribution in [2.45, 2.75) is 13.5 Å². The van der Waals surface area contributed by atoms with Crippen LogP contribution in [-0.2, 0) is 6.54 Å². The third-order valence-electron chi connectivity index (χ3n) is 4.17. The van der Waals surface area contributed by atoms with Crippen molar-refractivity contribution in [1.29, 1.82) is 0 Å². The van der Waals surface area contributed by atoms with E-state index in [1.165, 1.54) is 11.3 Å². The number of carbonyl (C=O) groups is 2. The monoisotopic (exact) mass is 476 g/mol. The van der Waals surface area contributed by atoms with Crippen LogP contribution in [0.3, 0.4) is 0 Å². The molecule has 0 fully saturated rings. The third-order valence-corrected chi connectivity index (χ3v) is 6.08. The number of nitrogens with zero attached hydrogens (tertiary/aromatic N) is 1. The molecular formula is C21H18BrClN2O2S. The van der Waals surface area contributed by atoms with E-state index in [-0.39, 0.29) is 11.8 Å². The zero-order valence-corrected chi connectivity index (χ0v) is 18.3. The molecule has 1 N–H and O–H groups in total. The molecule has 0 aliphatic rings. The number of anilines is 1. The summed E-state index contributed by atoms with van der Waals surface area (Å²) < 4.78 is 1.39. The second kappa shape index (κ2) is 9.37. The van der Waals surface area contributed by atoms with Crippen molar-refractivity contribution in [1.82, 2.24) is 4.90 Å². The number of para-hydroxylation sites is 1. The zero-order chi connectivity index (χ0) is 20.1. The molecule has 2 aromatic carbocycles. The Balaban J connectivity index is 1.83. The number of halogens is 2. The highest BCUT2D eigenvalue weighted by molar-refractivity contribution is 9.10. The molecule has 0 aliphatic heterocycles. The van der Waals surface area contributed by atoms with E-state index < -0.39 is 0 Å². The average molecular weight is 478 g/mol. The summed E-state index contributed by atoms with van der Waals surface area (Å²) >= 11 is 10.8. The molecule has 0 saturated carbocycles. The van der Waals surface area contributed by atoms with Crippen molar-refractivity contribution < 1.29 is 9.59 Å². The Labute approximate surface area is 181 Å². The maximum atomic E-state index is 13.1. The lowest BCUT2D eigenvalue weighted by Gasteiger charge is -2.22. The van der Waals surface area contributed by atoms with Gasteiger partial charge in [-0.05, 0) is 59.3 Å². The normalized spacial score (nSPS) is 10.5. The Kier molecular flexibility index (Phi) is 6.88. The quantitative estimate of drug-likeness (QED) is 0.468. The zero-order valence-electron chi connectivity index (χ0n) is 15.1. The predicted molar refractivity (Wildman–Crippen MR) is 118 cm³/mol. The van der Waals surface area contributed by atoms with Crippen molar-refractivity contribution in [2.75, 3.05) is 11.9 Å². The number of rotatable bonds is 6. The van der Waals surface area contributed by atoms with Crippen LogP contribution in [0, 0.1) is 0 Å². The fourth-order valence-electron chi connectivity index (χ4n) is 2.74. The standard InChI is InChI=1S/C21H18BrClN2O2S/c1-2-25(13-14-11-12-19(23)28-14)21(27)16-8-4-6-10-18(16)24-20(26)15-7-3-5-9-17(15)22/h3-12H,2,13H2,1H3,(H,24,26). The highest BCUT2D eigenvalue weighted by atomic mass is 79.9. The molecule has 0 aliphatic carbocycles. The topological polar surface area (TPSA) is 49.4 Å². The van der Waals surface area contributed by atoms with Crippen molar-refractivity contribution in [3.63, 3.8) is 0 Å². The number of nitrogens with one attached hydrogen (secondary N) is 1. The Bertz CT molecular complexity index is 1010. The number of benzene rings is 2. The van der Waals surface area contributed by atoms with Crippen molar-refractivity contribution in [2.24, 2.45) is 0 Å². The van der Waals surface area contributed by atoms with Crippen LogP contribution in [0.25, 0.3) is 0 Å². The van der Waals surface area contributed by atoms with E-state index in [0.29, 0.717) is 38.7 Å². The minimum atomic E-state index is -0.277. The Morgan fingerprint density at radius 1 is 1.04 bits per heavy atom. The number of hydrogen-bond donors (Lipinski definition) is 1. The first-order valence-electron chi connectivity index (χ1n) is 8.68. The molecule has 0 spiro atoms. The molecule has 2 amide bonds. The minimum absolute atomic E-state index is 0.143. The highest BCUT2D eigenvalue weighted by Gasteiger charge is 2.20. The van der Waals surface area contributed by atoms with Gasteiger partial charge in [-0.2, -0.15) is 0 Å². The van der Waals surface area contributed by atoms with Gasteiger partial charge in [-0.3, -0.25) is 9.59 Å². The molecule has 4 nitrogen and oxygen atoms in total. The molecule has 3 aromatic rings. The summed E-state index contributed by atoms with van der Waals surface area (Å²) in [4.78, 5) is 28.5. The number of hydrogen-bond acceptors (Lipinski definition) is 3. The molecule has 0 atom stereocenters. The summed E-state index contributed by atoms with van der Waals surface area (Å²) in [5.41, 5.74) is 1.44. The molecule has 7 heteroatoms. The molecule has 0 radical (unpaired) electrons. The van der Waals surface area contributed by atoms with E-state index in [0.717, 1.165) is 4.88 Å². The third kappa shape index (κ3) is 4.82. The molecule has 0 saturated heterocycles. The van der Waals surface area contributed by atoms with Crippen molar-refractivity contribution in [3.8, 4) is 0 Å². The van der Waals surface area contributed by atoms with Crippen LogP contribution in [0.5, 0.6) is 0 Å². The predicted octanol–water partition coefficient (Wildman–Crippen LogP) is 6.08. The van der Waals surface area contributed by atoms with Crippen LogP contribution < -0.4 is 5.32 Å². The van der Waals surface area contributed by atoms with Gasteiger partial charge in [0.1, 0.15) is 0 Å². The minimum Gasteiger partial charge on any atom is -0.334 e. The van der Waals surface area contributed by atoms with E-state index in [1.807, 2.05) is 25.1 Å².